The first-order valence-electron chi connectivity index (χ1n) is 6.91. The summed E-state index contributed by atoms with van der Waals surface area (Å²) in [4.78, 5) is 20.4. The largest absolute Gasteiger partial charge is 0.352 e. The molecule has 0 radical (unpaired) electrons. The van der Waals surface area contributed by atoms with Crippen LogP contribution in [0.2, 0.25) is 0 Å². The summed E-state index contributed by atoms with van der Waals surface area (Å²) in [5, 5.41) is 3.67. The second-order valence-electron chi connectivity index (χ2n) is 5.17. The zero-order valence-electron chi connectivity index (χ0n) is 11.5. The fourth-order valence-electron chi connectivity index (χ4n) is 2.39. The predicted octanol–water partition coefficient (Wildman–Crippen LogP) is 2.65. The molecule has 0 saturated heterocycles. The fourth-order valence-corrected chi connectivity index (χ4v) is 3.12. The van der Waals surface area contributed by atoms with Gasteiger partial charge in [-0.2, -0.15) is 0 Å². The molecule has 5 heteroatoms. The van der Waals surface area contributed by atoms with Crippen LogP contribution in [0.4, 0.5) is 0 Å². The lowest BCUT2D eigenvalue weighted by Crippen LogP contribution is -2.44. The van der Waals surface area contributed by atoms with Gasteiger partial charge in [0, 0.05) is 18.4 Å². The highest BCUT2D eigenvalue weighted by Crippen LogP contribution is 2.25. The Morgan fingerprint density at radius 2 is 2.05 bits per heavy atom. The molecule has 1 aromatic heterocycles. The minimum atomic E-state index is -0.156. The molecule has 0 aliphatic heterocycles. The maximum Gasteiger partial charge on any atom is 0.233 e. The molecule has 0 unspecified atom stereocenters. The van der Waals surface area contributed by atoms with Gasteiger partial charge in [-0.05, 0) is 31.7 Å². The number of nitrogens with one attached hydrogen (secondary N) is 1. The monoisotopic (exact) mass is 279 g/mol. The second-order valence-corrected chi connectivity index (χ2v) is 6.48. The first-order chi connectivity index (χ1) is 9.16. The number of thioether (sulfide) groups is 1. The van der Waals surface area contributed by atoms with Gasteiger partial charge < -0.3 is 5.32 Å². The van der Waals surface area contributed by atoms with Crippen LogP contribution in [0.5, 0.6) is 0 Å². The molecule has 0 spiro atoms. The third kappa shape index (κ3) is 4.20. The van der Waals surface area contributed by atoms with Crippen LogP contribution in [0.1, 0.15) is 39.5 Å². The molecule has 2 rings (SSSR count). The molecule has 1 N–H and O–H groups in total. The minimum Gasteiger partial charge on any atom is -0.352 e. The molecule has 1 fully saturated rings. The number of carbonyl (C=O) groups is 1. The van der Waals surface area contributed by atoms with Crippen molar-refractivity contribution in [3.63, 3.8) is 0 Å². The van der Waals surface area contributed by atoms with Crippen LogP contribution in [0.15, 0.2) is 23.6 Å². The van der Waals surface area contributed by atoms with Gasteiger partial charge in [0.1, 0.15) is 0 Å². The van der Waals surface area contributed by atoms with E-state index in [1.165, 1.54) is 31.0 Å². The highest BCUT2D eigenvalue weighted by molar-refractivity contribution is 8.00. The lowest BCUT2D eigenvalue weighted by atomic mass is 9.86. The van der Waals surface area contributed by atoms with E-state index in [1.54, 1.807) is 18.5 Å². The number of hydrogen-bond acceptors (Lipinski definition) is 4. The summed E-state index contributed by atoms with van der Waals surface area (Å²) in [7, 11) is 0. The maximum atomic E-state index is 12.2. The van der Waals surface area contributed by atoms with E-state index in [0.29, 0.717) is 17.1 Å². The molecule has 1 amide bonds. The molecule has 3 atom stereocenters. The van der Waals surface area contributed by atoms with Crippen molar-refractivity contribution in [3.05, 3.63) is 18.5 Å². The van der Waals surface area contributed by atoms with E-state index in [9.17, 15) is 4.79 Å². The summed E-state index contributed by atoms with van der Waals surface area (Å²) in [6.07, 6.45) is 8.22. The van der Waals surface area contributed by atoms with Crippen molar-refractivity contribution in [1.82, 2.24) is 15.3 Å². The van der Waals surface area contributed by atoms with Crippen LogP contribution < -0.4 is 5.32 Å². The molecule has 4 nitrogen and oxygen atoms in total. The summed E-state index contributed by atoms with van der Waals surface area (Å²) in [6.45, 7) is 4.13. The van der Waals surface area contributed by atoms with Crippen LogP contribution >= 0.6 is 11.8 Å². The Kier molecular flexibility index (Phi) is 5.19. The van der Waals surface area contributed by atoms with E-state index in [1.807, 2.05) is 6.92 Å². The average Bonchev–Trinajstić information content (AvgIpc) is 2.42. The Hall–Kier alpha value is -1.10. The Bertz CT molecular complexity index is 412. The van der Waals surface area contributed by atoms with E-state index < -0.39 is 0 Å². The van der Waals surface area contributed by atoms with Crippen LogP contribution in [0, 0.1) is 5.92 Å². The Morgan fingerprint density at radius 1 is 1.37 bits per heavy atom. The standard InChI is InChI=1S/C14H21N3OS/c1-10-6-3-4-7-12(10)17-13(18)11(2)19-14-15-8-5-9-16-14/h5,8-12H,3-4,6-7H2,1-2H3,(H,17,18)/t10-,11-,12+/m1/s1. The quantitative estimate of drug-likeness (QED) is 0.680. The zero-order valence-corrected chi connectivity index (χ0v) is 12.3. The summed E-state index contributed by atoms with van der Waals surface area (Å²) >= 11 is 1.41. The molecular formula is C14H21N3OS. The van der Waals surface area contributed by atoms with Gasteiger partial charge in [-0.3, -0.25) is 4.79 Å². The summed E-state index contributed by atoms with van der Waals surface area (Å²) < 4.78 is 0. The normalized spacial score (nSPS) is 24.7. The van der Waals surface area contributed by atoms with Crippen LogP contribution in [0.3, 0.4) is 0 Å². The molecule has 1 aliphatic rings. The third-order valence-corrected chi connectivity index (χ3v) is 4.62. The van der Waals surface area contributed by atoms with Crippen molar-refractivity contribution in [1.29, 1.82) is 0 Å². The second kappa shape index (κ2) is 6.89. The topological polar surface area (TPSA) is 54.9 Å². The van der Waals surface area contributed by atoms with Crippen molar-refractivity contribution >= 4 is 17.7 Å². The Morgan fingerprint density at radius 3 is 2.74 bits per heavy atom. The average molecular weight is 279 g/mol. The number of nitrogens with zero attached hydrogens (tertiary/aromatic N) is 2. The molecule has 1 aromatic rings. The van der Waals surface area contributed by atoms with Gasteiger partial charge in [0.25, 0.3) is 0 Å². The van der Waals surface area contributed by atoms with Gasteiger partial charge in [0.15, 0.2) is 5.16 Å². The molecule has 1 heterocycles. The SMILES string of the molecule is C[C@@H]1CCCC[C@@H]1NC(=O)[C@@H](C)Sc1ncccn1. The first-order valence-corrected chi connectivity index (χ1v) is 7.79. The molecule has 0 aromatic carbocycles. The molecule has 1 saturated carbocycles. The van der Waals surface area contributed by atoms with Gasteiger partial charge in [-0.25, -0.2) is 9.97 Å². The van der Waals surface area contributed by atoms with E-state index >= 15 is 0 Å². The number of rotatable bonds is 4. The predicted molar refractivity (Wildman–Crippen MR) is 76.9 cm³/mol. The van der Waals surface area contributed by atoms with Gasteiger partial charge in [-0.15, -0.1) is 0 Å². The summed E-state index contributed by atoms with van der Waals surface area (Å²) in [6, 6.07) is 2.11. The number of aromatic nitrogens is 2. The van der Waals surface area contributed by atoms with E-state index in [4.69, 9.17) is 0 Å². The molecular weight excluding hydrogens is 258 g/mol. The third-order valence-electron chi connectivity index (χ3n) is 3.63. The van der Waals surface area contributed by atoms with Crippen molar-refractivity contribution < 1.29 is 4.79 Å². The number of amides is 1. The van der Waals surface area contributed by atoms with Crippen LogP contribution in [0.25, 0.3) is 0 Å². The lowest BCUT2D eigenvalue weighted by Gasteiger charge is -2.30. The summed E-state index contributed by atoms with van der Waals surface area (Å²) in [5.41, 5.74) is 0. The van der Waals surface area contributed by atoms with E-state index in [2.05, 4.69) is 22.2 Å². The highest BCUT2D eigenvalue weighted by atomic mass is 32.2. The van der Waals surface area contributed by atoms with E-state index in [0.717, 1.165) is 6.42 Å². The highest BCUT2D eigenvalue weighted by Gasteiger charge is 2.25. The lowest BCUT2D eigenvalue weighted by molar-refractivity contribution is -0.121. The number of carbonyl (C=O) groups excluding carboxylic acids is 1. The van der Waals surface area contributed by atoms with Crippen molar-refractivity contribution in [3.8, 4) is 0 Å². The Labute approximate surface area is 118 Å². The molecule has 104 valence electrons. The summed E-state index contributed by atoms with van der Waals surface area (Å²) in [5.74, 6) is 0.680. The maximum absolute atomic E-state index is 12.2. The van der Waals surface area contributed by atoms with Crippen LogP contribution in [-0.2, 0) is 4.79 Å². The van der Waals surface area contributed by atoms with Crippen molar-refractivity contribution in [2.75, 3.05) is 0 Å². The first kappa shape index (κ1) is 14.3. The molecule has 1 aliphatic carbocycles. The minimum absolute atomic E-state index is 0.0937. The van der Waals surface area contributed by atoms with Gasteiger partial charge in [0.05, 0.1) is 5.25 Å². The number of hydrogen-bond donors (Lipinski definition) is 1. The Balaban J connectivity index is 1.85. The molecule has 19 heavy (non-hydrogen) atoms. The van der Waals surface area contributed by atoms with Crippen LogP contribution in [-0.4, -0.2) is 27.2 Å². The van der Waals surface area contributed by atoms with E-state index in [-0.39, 0.29) is 11.2 Å². The fraction of sp³-hybridized carbons (Fsp3) is 0.643. The zero-order chi connectivity index (χ0) is 13.7. The molecule has 0 bridgehead atoms. The van der Waals surface area contributed by atoms with Crippen molar-refractivity contribution in [2.45, 2.75) is 56.0 Å². The van der Waals surface area contributed by atoms with Gasteiger partial charge in [0.2, 0.25) is 5.91 Å². The van der Waals surface area contributed by atoms with Crippen molar-refractivity contribution in [2.24, 2.45) is 5.92 Å². The van der Waals surface area contributed by atoms with Gasteiger partial charge >= 0.3 is 0 Å². The smallest absolute Gasteiger partial charge is 0.233 e. The van der Waals surface area contributed by atoms with Gasteiger partial charge in [-0.1, -0.05) is 31.5 Å².